The summed E-state index contributed by atoms with van der Waals surface area (Å²) >= 11 is 0. The Morgan fingerprint density at radius 3 is 2.73 bits per heavy atom. The van der Waals surface area contributed by atoms with Gasteiger partial charge >= 0.3 is 5.97 Å². The second kappa shape index (κ2) is 6.56. The van der Waals surface area contributed by atoms with Crippen LogP contribution in [0.4, 0.5) is 5.69 Å². The van der Waals surface area contributed by atoms with Crippen molar-refractivity contribution >= 4 is 21.5 Å². The van der Waals surface area contributed by atoms with Crippen LogP contribution in [0.15, 0.2) is 23.1 Å². The van der Waals surface area contributed by atoms with Crippen LogP contribution in [0.2, 0.25) is 0 Å². The Bertz CT molecular complexity index is 656. The molecule has 1 heterocycles. The van der Waals surface area contributed by atoms with Crippen LogP contribution in [0, 0.1) is 0 Å². The Labute approximate surface area is 130 Å². The van der Waals surface area contributed by atoms with E-state index in [4.69, 9.17) is 9.84 Å². The summed E-state index contributed by atoms with van der Waals surface area (Å²) in [5.41, 5.74) is 0.753. The van der Waals surface area contributed by atoms with Crippen LogP contribution in [0.25, 0.3) is 0 Å². The first-order valence-corrected chi connectivity index (χ1v) is 9.02. The first kappa shape index (κ1) is 16.6. The van der Waals surface area contributed by atoms with E-state index in [2.05, 4.69) is 4.90 Å². The summed E-state index contributed by atoms with van der Waals surface area (Å²) in [5, 5.41) is 8.66. The lowest BCUT2D eigenvalue weighted by Crippen LogP contribution is -2.39. The van der Waals surface area contributed by atoms with E-state index in [1.165, 1.54) is 6.07 Å². The fourth-order valence-corrected chi connectivity index (χ4v) is 3.70. The Balaban J connectivity index is 2.33. The van der Waals surface area contributed by atoms with Gasteiger partial charge < -0.3 is 14.7 Å². The molecular formula is C15H21NO5S. The molecule has 2 rings (SSSR count). The van der Waals surface area contributed by atoms with Crippen molar-refractivity contribution in [2.24, 2.45) is 0 Å². The number of hydrogen-bond acceptors (Lipinski definition) is 5. The number of carboxylic acids is 1. The zero-order valence-electron chi connectivity index (χ0n) is 12.8. The number of ether oxygens (including phenoxy) is 1. The molecule has 0 saturated carbocycles. The number of rotatable bonds is 6. The lowest BCUT2D eigenvalue weighted by molar-refractivity contribution is -0.136. The molecular weight excluding hydrogens is 306 g/mol. The van der Waals surface area contributed by atoms with Gasteiger partial charge in [0.25, 0.3) is 0 Å². The van der Waals surface area contributed by atoms with Crippen LogP contribution in [0.3, 0.4) is 0 Å². The second-order valence-corrected chi connectivity index (χ2v) is 7.39. The lowest BCUT2D eigenvalue weighted by atomic mass is 10.1. The van der Waals surface area contributed by atoms with Crippen molar-refractivity contribution in [1.29, 1.82) is 0 Å². The quantitative estimate of drug-likeness (QED) is 0.859. The Morgan fingerprint density at radius 2 is 2.14 bits per heavy atom. The molecule has 0 amide bonds. The van der Waals surface area contributed by atoms with Crippen molar-refractivity contribution in [3.05, 3.63) is 18.2 Å². The third kappa shape index (κ3) is 3.52. The van der Waals surface area contributed by atoms with Gasteiger partial charge in [-0.05, 0) is 31.5 Å². The topological polar surface area (TPSA) is 83.9 Å². The minimum absolute atomic E-state index is 0.0990. The number of hydrogen-bond donors (Lipinski definition) is 1. The molecule has 6 nitrogen and oxygen atoms in total. The number of carbonyl (C=O) groups is 1. The third-order valence-corrected chi connectivity index (χ3v) is 5.48. The molecule has 1 aliphatic heterocycles. The van der Waals surface area contributed by atoms with Gasteiger partial charge in [-0.3, -0.25) is 4.79 Å². The van der Waals surface area contributed by atoms with Gasteiger partial charge in [0.1, 0.15) is 11.9 Å². The lowest BCUT2D eigenvalue weighted by Gasteiger charge is -2.35. The number of carboxylic acid groups (broad SMARTS) is 1. The molecule has 22 heavy (non-hydrogen) atoms. The largest absolute Gasteiger partial charge is 0.486 e. The van der Waals surface area contributed by atoms with Crippen molar-refractivity contribution in [2.75, 3.05) is 23.7 Å². The standard InChI is InChI=1S/C15H21NO5S/c1-3-11-10-16(4-2)13-9-12(5-6-14(13)21-11)22(19,20)8-7-15(17)18/h5-6,9,11H,3-4,7-8,10H2,1-2H3,(H,17,18). The number of nitrogens with zero attached hydrogens (tertiary/aromatic N) is 1. The highest BCUT2D eigenvalue weighted by Gasteiger charge is 2.26. The van der Waals surface area contributed by atoms with Crippen molar-refractivity contribution in [3.63, 3.8) is 0 Å². The van der Waals surface area contributed by atoms with Crippen LogP contribution >= 0.6 is 0 Å². The van der Waals surface area contributed by atoms with Gasteiger partial charge in [-0.1, -0.05) is 6.92 Å². The number of anilines is 1. The van der Waals surface area contributed by atoms with E-state index >= 15 is 0 Å². The van der Waals surface area contributed by atoms with E-state index in [1.807, 2.05) is 13.8 Å². The third-order valence-electron chi connectivity index (χ3n) is 3.77. The molecule has 1 N–H and O–H groups in total. The van der Waals surface area contributed by atoms with Crippen molar-refractivity contribution in [2.45, 2.75) is 37.7 Å². The number of likely N-dealkylation sites (N-methyl/N-ethyl adjacent to an activating group) is 1. The molecule has 7 heteroatoms. The zero-order chi connectivity index (χ0) is 16.3. The molecule has 0 bridgehead atoms. The van der Waals surface area contributed by atoms with E-state index in [1.54, 1.807) is 12.1 Å². The molecule has 0 saturated heterocycles. The summed E-state index contributed by atoms with van der Waals surface area (Å²) in [7, 11) is -3.60. The molecule has 1 unspecified atom stereocenters. The molecule has 1 aliphatic rings. The van der Waals surface area contributed by atoms with E-state index in [9.17, 15) is 13.2 Å². The maximum atomic E-state index is 12.2. The van der Waals surface area contributed by atoms with Gasteiger partial charge in [-0.15, -0.1) is 0 Å². The Kier molecular flexibility index (Phi) is 4.95. The summed E-state index contributed by atoms with van der Waals surface area (Å²) in [6, 6.07) is 4.73. The molecule has 0 spiro atoms. The number of aliphatic carboxylic acids is 1. The van der Waals surface area contributed by atoms with Gasteiger partial charge in [-0.2, -0.15) is 0 Å². The Morgan fingerprint density at radius 1 is 1.41 bits per heavy atom. The minimum Gasteiger partial charge on any atom is -0.486 e. The maximum Gasteiger partial charge on any atom is 0.304 e. The predicted molar refractivity (Wildman–Crippen MR) is 83.3 cm³/mol. The SMILES string of the molecule is CCC1CN(CC)c2cc(S(=O)(=O)CCC(=O)O)ccc2O1. The predicted octanol–water partition coefficient (Wildman–Crippen LogP) is 1.93. The van der Waals surface area contributed by atoms with Crippen LogP contribution in [-0.4, -0.2) is 44.4 Å². The molecule has 1 atom stereocenters. The van der Waals surface area contributed by atoms with E-state index < -0.39 is 28.0 Å². The van der Waals surface area contributed by atoms with Crippen molar-refractivity contribution in [3.8, 4) is 5.75 Å². The molecule has 1 aromatic carbocycles. The van der Waals surface area contributed by atoms with Crippen LogP contribution in [0.5, 0.6) is 5.75 Å². The van der Waals surface area contributed by atoms with Crippen molar-refractivity contribution < 1.29 is 23.1 Å². The van der Waals surface area contributed by atoms with Gasteiger partial charge in [-0.25, -0.2) is 8.42 Å². The first-order valence-electron chi connectivity index (χ1n) is 7.37. The highest BCUT2D eigenvalue weighted by Crippen LogP contribution is 2.36. The fraction of sp³-hybridized carbons (Fsp3) is 0.533. The molecule has 0 aliphatic carbocycles. The molecule has 0 fully saturated rings. The highest BCUT2D eigenvalue weighted by atomic mass is 32.2. The van der Waals surface area contributed by atoms with Crippen LogP contribution in [-0.2, 0) is 14.6 Å². The molecule has 0 aromatic heterocycles. The monoisotopic (exact) mass is 327 g/mol. The first-order chi connectivity index (χ1) is 10.4. The normalized spacial score (nSPS) is 17.7. The maximum absolute atomic E-state index is 12.2. The van der Waals surface area contributed by atoms with E-state index in [-0.39, 0.29) is 11.0 Å². The summed E-state index contributed by atoms with van der Waals surface area (Å²) in [4.78, 5) is 12.8. The van der Waals surface area contributed by atoms with Crippen LogP contribution < -0.4 is 9.64 Å². The van der Waals surface area contributed by atoms with Gasteiger partial charge in [0.2, 0.25) is 0 Å². The van der Waals surface area contributed by atoms with Crippen molar-refractivity contribution in [1.82, 2.24) is 0 Å². The van der Waals surface area contributed by atoms with Crippen LogP contribution in [0.1, 0.15) is 26.7 Å². The summed E-state index contributed by atoms with van der Waals surface area (Å²) in [6.07, 6.45) is 0.585. The highest BCUT2D eigenvalue weighted by molar-refractivity contribution is 7.91. The average Bonchev–Trinajstić information content (AvgIpc) is 2.51. The van der Waals surface area contributed by atoms with Gasteiger partial charge in [0.15, 0.2) is 9.84 Å². The van der Waals surface area contributed by atoms with Gasteiger partial charge in [0, 0.05) is 6.54 Å². The number of sulfone groups is 1. The van der Waals surface area contributed by atoms with Gasteiger partial charge in [0.05, 0.1) is 29.3 Å². The summed E-state index contributed by atoms with van der Waals surface area (Å²) in [5.74, 6) is -0.839. The fourth-order valence-electron chi connectivity index (χ4n) is 2.45. The Hall–Kier alpha value is -1.76. The number of benzene rings is 1. The minimum atomic E-state index is -3.60. The average molecular weight is 327 g/mol. The summed E-state index contributed by atoms with van der Waals surface area (Å²) in [6.45, 7) is 5.53. The zero-order valence-corrected chi connectivity index (χ0v) is 13.6. The molecule has 1 aromatic rings. The number of fused-ring (bicyclic) bond motifs is 1. The smallest absolute Gasteiger partial charge is 0.304 e. The molecule has 122 valence electrons. The van der Waals surface area contributed by atoms with E-state index in [0.717, 1.165) is 25.2 Å². The van der Waals surface area contributed by atoms with E-state index in [0.29, 0.717) is 5.75 Å². The second-order valence-electron chi connectivity index (χ2n) is 5.28. The molecule has 0 radical (unpaired) electrons. The summed E-state index contributed by atoms with van der Waals surface area (Å²) < 4.78 is 30.3.